The second-order valence-electron chi connectivity index (χ2n) is 18.0. The summed E-state index contributed by atoms with van der Waals surface area (Å²) < 4.78 is 0. The Balaban J connectivity index is 4.24. The van der Waals surface area contributed by atoms with Crippen molar-refractivity contribution >= 4 is 26.0 Å². The van der Waals surface area contributed by atoms with Crippen LogP contribution in [0.4, 0.5) is 0 Å². The SMILES string of the molecule is C=C[Si](CCCCCCCCCCCCCCCC(=O)O)(CCCCCCCCCCCCCCCC(=O)O)CCCCCCCCCCCCCCCC(=O)O. The van der Waals surface area contributed by atoms with E-state index in [-0.39, 0.29) is 0 Å². The van der Waals surface area contributed by atoms with Crippen LogP contribution in [0.1, 0.15) is 270 Å². The Morgan fingerprint density at radius 3 is 0.561 bits per heavy atom. The molecule has 0 fully saturated rings. The van der Waals surface area contributed by atoms with Gasteiger partial charge >= 0.3 is 17.9 Å². The first kappa shape index (κ1) is 55.4. The van der Waals surface area contributed by atoms with Crippen LogP contribution in [-0.2, 0) is 14.4 Å². The fraction of sp³-hybridized carbons (Fsp3) is 0.900. The first-order valence-corrected chi connectivity index (χ1v) is 27.8. The highest BCUT2D eigenvalue weighted by molar-refractivity contribution is 6.84. The monoisotopic (exact) mass is 821 g/mol. The van der Waals surface area contributed by atoms with E-state index >= 15 is 0 Å². The van der Waals surface area contributed by atoms with E-state index in [0.717, 1.165) is 38.5 Å². The highest BCUT2D eigenvalue weighted by Gasteiger charge is 2.27. The molecule has 0 aliphatic carbocycles. The number of carboxylic acid groups (broad SMARTS) is 3. The van der Waals surface area contributed by atoms with Crippen LogP contribution in [0.5, 0.6) is 0 Å². The number of unbranched alkanes of at least 4 members (excludes halogenated alkanes) is 36. The highest BCUT2D eigenvalue weighted by atomic mass is 28.3. The molecule has 3 N–H and O–H groups in total. The maximum absolute atomic E-state index is 10.6. The first-order valence-electron chi connectivity index (χ1n) is 25.1. The van der Waals surface area contributed by atoms with Crippen LogP contribution in [0.2, 0.25) is 18.1 Å². The largest absolute Gasteiger partial charge is 0.481 e. The summed E-state index contributed by atoms with van der Waals surface area (Å²) in [6.07, 6.45) is 51.1. The van der Waals surface area contributed by atoms with Crippen LogP contribution in [0, 0.1) is 0 Å². The molecule has 336 valence electrons. The van der Waals surface area contributed by atoms with Crippen molar-refractivity contribution in [2.24, 2.45) is 0 Å². The minimum absolute atomic E-state index is 0.325. The van der Waals surface area contributed by atoms with Gasteiger partial charge in [0.25, 0.3) is 0 Å². The quantitative estimate of drug-likeness (QED) is 0.0416. The lowest BCUT2D eigenvalue weighted by Gasteiger charge is -2.29. The van der Waals surface area contributed by atoms with Crippen LogP contribution >= 0.6 is 0 Å². The summed E-state index contributed by atoms with van der Waals surface area (Å²) in [5, 5.41) is 26.3. The van der Waals surface area contributed by atoms with Gasteiger partial charge in [0.15, 0.2) is 0 Å². The number of aliphatic carboxylic acids is 3. The lowest BCUT2D eigenvalue weighted by atomic mass is 10.0. The van der Waals surface area contributed by atoms with E-state index in [4.69, 9.17) is 15.3 Å². The van der Waals surface area contributed by atoms with Gasteiger partial charge in [0, 0.05) is 19.3 Å². The zero-order valence-corrected chi connectivity index (χ0v) is 38.7. The van der Waals surface area contributed by atoms with Crippen molar-refractivity contribution in [1.29, 1.82) is 0 Å². The van der Waals surface area contributed by atoms with Gasteiger partial charge in [0.05, 0.1) is 8.07 Å². The van der Waals surface area contributed by atoms with E-state index in [1.807, 2.05) is 0 Å². The van der Waals surface area contributed by atoms with Gasteiger partial charge in [-0.1, -0.05) is 249 Å². The lowest BCUT2D eigenvalue weighted by molar-refractivity contribution is -0.138. The first-order chi connectivity index (χ1) is 27.8. The topological polar surface area (TPSA) is 112 Å². The molecule has 0 aliphatic heterocycles. The van der Waals surface area contributed by atoms with Crippen molar-refractivity contribution < 1.29 is 29.7 Å². The lowest BCUT2D eigenvalue weighted by Crippen LogP contribution is -2.31. The third-order valence-electron chi connectivity index (χ3n) is 12.6. The number of rotatable bonds is 49. The Bertz CT molecular complexity index is 800. The summed E-state index contributed by atoms with van der Waals surface area (Å²) in [4.78, 5) is 31.9. The fourth-order valence-corrected chi connectivity index (χ4v) is 13.0. The number of carbonyl (C=O) groups is 3. The Hall–Kier alpha value is -1.63. The third-order valence-corrected chi connectivity index (χ3v) is 17.5. The van der Waals surface area contributed by atoms with Gasteiger partial charge in [0.2, 0.25) is 0 Å². The predicted octanol–water partition coefficient (Wildman–Crippen LogP) is 16.8. The van der Waals surface area contributed by atoms with E-state index in [2.05, 4.69) is 12.3 Å². The number of carboxylic acids is 3. The average molecular weight is 821 g/mol. The summed E-state index contributed by atoms with van der Waals surface area (Å²) in [5.74, 6) is -1.99. The van der Waals surface area contributed by atoms with Gasteiger partial charge in [-0.2, -0.15) is 0 Å². The summed E-state index contributed by atoms with van der Waals surface area (Å²) in [6.45, 7) is 4.50. The van der Waals surface area contributed by atoms with Crippen molar-refractivity contribution in [3.05, 3.63) is 12.3 Å². The Morgan fingerprint density at radius 1 is 0.281 bits per heavy atom. The summed E-state index contributed by atoms with van der Waals surface area (Å²) in [5.41, 5.74) is 2.51. The molecular formula is C50H96O6Si. The molecular weight excluding hydrogens is 725 g/mol. The Kier molecular flexibility index (Phi) is 42.7. The molecule has 0 unspecified atom stereocenters. The molecule has 0 saturated carbocycles. The van der Waals surface area contributed by atoms with E-state index in [1.165, 1.54) is 230 Å². The Morgan fingerprint density at radius 2 is 0.421 bits per heavy atom. The van der Waals surface area contributed by atoms with Crippen molar-refractivity contribution in [3.63, 3.8) is 0 Å². The highest BCUT2D eigenvalue weighted by Crippen LogP contribution is 2.31. The molecule has 0 heterocycles. The van der Waals surface area contributed by atoms with Gasteiger partial charge in [-0.25, -0.2) is 0 Å². The third kappa shape index (κ3) is 43.8. The molecule has 0 saturated heterocycles. The van der Waals surface area contributed by atoms with Crippen LogP contribution in [0.15, 0.2) is 12.3 Å². The zero-order chi connectivity index (χ0) is 41.8. The minimum atomic E-state index is -1.42. The molecule has 57 heavy (non-hydrogen) atoms. The van der Waals surface area contributed by atoms with Crippen molar-refractivity contribution in [2.45, 2.75) is 288 Å². The van der Waals surface area contributed by atoms with Crippen LogP contribution in [-0.4, -0.2) is 41.3 Å². The normalized spacial score (nSPS) is 11.6. The summed E-state index contributed by atoms with van der Waals surface area (Å²) in [7, 11) is -1.42. The van der Waals surface area contributed by atoms with Gasteiger partial charge in [-0.15, -0.1) is 12.3 Å². The molecule has 0 aromatic heterocycles. The Labute approximate surface area is 354 Å². The molecule has 0 radical (unpaired) electrons. The molecule has 0 aromatic carbocycles. The molecule has 0 aliphatic rings. The van der Waals surface area contributed by atoms with Crippen LogP contribution in [0.3, 0.4) is 0 Å². The molecule has 0 spiro atoms. The van der Waals surface area contributed by atoms with Gasteiger partial charge in [-0.3, -0.25) is 14.4 Å². The van der Waals surface area contributed by atoms with Gasteiger partial charge < -0.3 is 15.3 Å². The molecule has 0 aromatic rings. The van der Waals surface area contributed by atoms with Crippen molar-refractivity contribution in [1.82, 2.24) is 0 Å². The van der Waals surface area contributed by atoms with Crippen LogP contribution < -0.4 is 0 Å². The number of hydrogen-bond donors (Lipinski definition) is 3. The summed E-state index contributed by atoms with van der Waals surface area (Å²) >= 11 is 0. The molecule has 0 bridgehead atoms. The minimum Gasteiger partial charge on any atom is -0.481 e. The molecule has 0 rings (SSSR count). The maximum atomic E-state index is 10.6. The fourth-order valence-electron chi connectivity index (χ4n) is 8.77. The molecule has 6 nitrogen and oxygen atoms in total. The molecule has 0 amide bonds. The second-order valence-corrected chi connectivity index (χ2v) is 22.7. The summed E-state index contributed by atoms with van der Waals surface area (Å²) in [6, 6.07) is 4.38. The van der Waals surface area contributed by atoms with E-state index in [0.29, 0.717) is 19.3 Å². The van der Waals surface area contributed by atoms with Gasteiger partial charge in [-0.05, 0) is 19.3 Å². The molecule has 0 atom stereocenters. The number of hydrogen-bond acceptors (Lipinski definition) is 3. The van der Waals surface area contributed by atoms with E-state index in [1.54, 1.807) is 0 Å². The predicted molar refractivity (Wildman–Crippen MR) is 247 cm³/mol. The second kappa shape index (κ2) is 43.9. The zero-order valence-electron chi connectivity index (χ0n) is 37.7. The average Bonchev–Trinajstić information content (AvgIpc) is 3.18. The smallest absolute Gasteiger partial charge is 0.303 e. The van der Waals surface area contributed by atoms with E-state index in [9.17, 15) is 14.4 Å². The van der Waals surface area contributed by atoms with Crippen LogP contribution in [0.25, 0.3) is 0 Å². The van der Waals surface area contributed by atoms with Crippen molar-refractivity contribution in [3.8, 4) is 0 Å². The maximum Gasteiger partial charge on any atom is 0.303 e. The van der Waals surface area contributed by atoms with E-state index < -0.39 is 26.0 Å². The van der Waals surface area contributed by atoms with Crippen molar-refractivity contribution in [2.75, 3.05) is 0 Å². The standard InChI is InChI=1S/C50H96O6Si/c1-2-57(45-39-33-27-21-15-9-3-6-12-18-24-30-36-42-48(51)52,46-40-34-28-22-16-10-4-7-13-19-25-31-37-43-49(53)54)47-41-35-29-23-17-11-5-8-14-20-26-32-38-44-50(55)56/h2H,1,3-47H2,(H,51,52)(H,53,54)(H,55,56). The molecule has 7 heteroatoms. The van der Waals surface area contributed by atoms with Gasteiger partial charge in [0.1, 0.15) is 0 Å².